The van der Waals surface area contributed by atoms with Crippen LogP contribution in [0, 0.1) is 0 Å². The van der Waals surface area contributed by atoms with E-state index in [2.05, 4.69) is 74.6 Å². The molecule has 4 nitrogen and oxygen atoms in total. The van der Waals surface area contributed by atoms with E-state index in [0.717, 1.165) is 51.4 Å². The van der Waals surface area contributed by atoms with Gasteiger partial charge in [-0.3, -0.25) is 4.79 Å². The summed E-state index contributed by atoms with van der Waals surface area (Å²) >= 11 is 0. The first-order valence-electron chi connectivity index (χ1n) is 20.9. The Morgan fingerprint density at radius 1 is 0.510 bits per heavy atom. The van der Waals surface area contributed by atoms with Crippen LogP contribution in [0.2, 0.25) is 0 Å². The first-order chi connectivity index (χ1) is 24.2. The summed E-state index contributed by atoms with van der Waals surface area (Å²) in [7, 11) is 0. The van der Waals surface area contributed by atoms with Gasteiger partial charge in [-0.1, -0.05) is 171 Å². The van der Waals surface area contributed by atoms with Gasteiger partial charge in [-0.05, 0) is 77.0 Å². The van der Waals surface area contributed by atoms with Crippen molar-refractivity contribution in [2.24, 2.45) is 0 Å². The molecular formula is C45H80O4. The smallest absolute Gasteiger partial charge is 0.306 e. The van der Waals surface area contributed by atoms with Gasteiger partial charge in [-0.15, -0.1) is 0 Å². The van der Waals surface area contributed by atoms with Gasteiger partial charge in [0, 0.05) is 13.0 Å². The fourth-order valence-electron chi connectivity index (χ4n) is 5.72. The average Bonchev–Trinajstić information content (AvgIpc) is 3.11. The van der Waals surface area contributed by atoms with Gasteiger partial charge in [-0.25, -0.2) is 0 Å². The van der Waals surface area contributed by atoms with E-state index < -0.39 is 6.10 Å². The Kier molecular flexibility index (Phi) is 40.6. The van der Waals surface area contributed by atoms with Gasteiger partial charge in [0.05, 0.1) is 13.2 Å². The molecule has 0 rings (SSSR count). The highest BCUT2D eigenvalue weighted by Crippen LogP contribution is 2.13. The molecule has 49 heavy (non-hydrogen) atoms. The van der Waals surface area contributed by atoms with E-state index in [9.17, 15) is 9.90 Å². The molecule has 0 amide bonds. The van der Waals surface area contributed by atoms with Crippen LogP contribution in [0.5, 0.6) is 0 Å². The third kappa shape index (κ3) is 40.4. The maximum Gasteiger partial charge on any atom is 0.306 e. The van der Waals surface area contributed by atoms with Gasteiger partial charge in [0.2, 0.25) is 0 Å². The summed E-state index contributed by atoms with van der Waals surface area (Å²) in [6.45, 7) is 5.20. The molecule has 1 N–H and O–H groups in total. The molecule has 0 aromatic heterocycles. The summed E-state index contributed by atoms with van der Waals surface area (Å²) in [6, 6.07) is 0. The lowest BCUT2D eigenvalue weighted by atomic mass is 10.1. The van der Waals surface area contributed by atoms with Gasteiger partial charge in [0.1, 0.15) is 6.10 Å². The van der Waals surface area contributed by atoms with Crippen LogP contribution in [0.4, 0.5) is 0 Å². The highest BCUT2D eigenvalue weighted by Gasteiger charge is 2.13. The second-order valence-corrected chi connectivity index (χ2v) is 13.7. The number of rotatable bonds is 38. The van der Waals surface area contributed by atoms with Crippen LogP contribution in [0.3, 0.4) is 0 Å². The Balaban J connectivity index is 3.47. The first-order valence-corrected chi connectivity index (χ1v) is 20.9. The number of allylic oxidation sites excluding steroid dienone is 10. The molecule has 1 atom stereocenters. The highest BCUT2D eigenvalue weighted by atomic mass is 16.6. The standard InChI is InChI=1S/C45H80O4/c1-3-5-7-9-11-13-15-17-19-21-22-23-25-27-29-31-33-35-37-39-41-48-43-44(42-46)49-45(47)40-38-36-34-32-30-28-26-24-20-18-16-14-12-10-8-6-4-2/h5,7,11,13,17-20,22-23,44,46H,3-4,6,8-10,12,14-16,21,24-43H2,1-2H3/b7-5-,13-11-,19-17-,20-18-,23-22-. The molecule has 4 heteroatoms. The third-order valence-corrected chi connectivity index (χ3v) is 8.83. The molecule has 0 aromatic carbocycles. The van der Waals surface area contributed by atoms with Crippen molar-refractivity contribution in [3.63, 3.8) is 0 Å². The second-order valence-electron chi connectivity index (χ2n) is 13.7. The average molecular weight is 685 g/mol. The van der Waals surface area contributed by atoms with E-state index in [-0.39, 0.29) is 19.2 Å². The van der Waals surface area contributed by atoms with Crippen LogP contribution in [-0.2, 0) is 14.3 Å². The van der Waals surface area contributed by atoms with E-state index in [1.54, 1.807) is 0 Å². The lowest BCUT2D eigenvalue weighted by Gasteiger charge is -2.15. The number of esters is 1. The van der Waals surface area contributed by atoms with Gasteiger partial charge in [-0.2, -0.15) is 0 Å². The minimum absolute atomic E-state index is 0.180. The topological polar surface area (TPSA) is 55.8 Å². The molecule has 0 saturated heterocycles. The molecule has 284 valence electrons. The van der Waals surface area contributed by atoms with Crippen LogP contribution >= 0.6 is 0 Å². The van der Waals surface area contributed by atoms with Crippen LogP contribution in [0.1, 0.15) is 194 Å². The summed E-state index contributed by atoms with van der Waals surface area (Å²) < 4.78 is 11.1. The number of carbonyl (C=O) groups is 1. The summed E-state index contributed by atoms with van der Waals surface area (Å²) in [5.41, 5.74) is 0. The Labute approximate surface area is 305 Å². The number of ether oxygens (including phenoxy) is 2. The van der Waals surface area contributed by atoms with Crippen molar-refractivity contribution in [1.82, 2.24) is 0 Å². The fourth-order valence-corrected chi connectivity index (χ4v) is 5.72. The third-order valence-electron chi connectivity index (χ3n) is 8.83. The molecule has 0 fully saturated rings. The molecule has 0 radical (unpaired) electrons. The predicted octanol–water partition coefficient (Wildman–Crippen LogP) is 13.7. The van der Waals surface area contributed by atoms with Crippen molar-refractivity contribution in [3.8, 4) is 0 Å². The molecular weight excluding hydrogens is 604 g/mol. The van der Waals surface area contributed by atoms with Crippen molar-refractivity contribution >= 4 is 5.97 Å². The number of hydrogen-bond acceptors (Lipinski definition) is 4. The van der Waals surface area contributed by atoms with Crippen molar-refractivity contribution in [2.45, 2.75) is 200 Å². The minimum atomic E-state index is -0.544. The number of unbranched alkanes of at least 4 members (excludes halogenated alkanes) is 20. The predicted molar refractivity (Wildman–Crippen MR) is 214 cm³/mol. The second kappa shape index (κ2) is 42.3. The quantitative estimate of drug-likeness (QED) is 0.0399. The summed E-state index contributed by atoms with van der Waals surface area (Å²) in [5.74, 6) is -0.211. The van der Waals surface area contributed by atoms with E-state index in [0.29, 0.717) is 13.0 Å². The van der Waals surface area contributed by atoms with Crippen molar-refractivity contribution in [1.29, 1.82) is 0 Å². The number of hydrogen-bond donors (Lipinski definition) is 1. The number of aliphatic hydroxyl groups is 1. The molecule has 0 heterocycles. The highest BCUT2D eigenvalue weighted by molar-refractivity contribution is 5.69. The minimum Gasteiger partial charge on any atom is -0.457 e. The number of aliphatic hydroxyl groups excluding tert-OH is 1. The van der Waals surface area contributed by atoms with E-state index in [1.165, 1.54) is 122 Å². The Hall–Kier alpha value is -1.91. The largest absolute Gasteiger partial charge is 0.457 e. The van der Waals surface area contributed by atoms with E-state index in [4.69, 9.17) is 9.47 Å². The van der Waals surface area contributed by atoms with Gasteiger partial charge >= 0.3 is 5.97 Å². The SMILES string of the molecule is CC/C=C\C/C=C\C/C=C\C/C=C\CCCCCCCCCOCC(CO)OC(=O)CCCCCCCCC/C=C\CCCCCCCC. The van der Waals surface area contributed by atoms with Gasteiger partial charge in [0.25, 0.3) is 0 Å². The van der Waals surface area contributed by atoms with Crippen LogP contribution < -0.4 is 0 Å². The van der Waals surface area contributed by atoms with Crippen LogP contribution in [0.15, 0.2) is 60.8 Å². The lowest BCUT2D eigenvalue weighted by molar-refractivity contribution is -0.154. The zero-order valence-electron chi connectivity index (χ0n) is 32.4. The van der Waals surface area contributed by atoms with E-state index >= 15 is 0 Å². The Bertz CT molecular complexity index is 809. The molecule has 1 unspecified atom stereocenters. The molecule has 0 bridgehead atoms. The Morgan fingerprint density at radius 2 is 0.918 bits per heavy atom. The summed E-state index contributed by atoms with van der Waals surface area (Å²) in [5, 5.41) is 9.59. The zero-order chi connectivity index (χ0) is 35.6. The summed E-state index contributed by atoms with van der Waals surface area (Å²) in [6.07, 6.45) is 55.6. The lowest BCUT2D eigenvalue weighted by Crippen LogP contribution is -2.27. The normalized spacial score (nSPS) is 13.0. The molecule has 0 aromatic rings. The molecule has 0 aliphatic carbocycles. The van der Waals surface area contributed by atoms with Crippen molar-refractivity contribution in [2.75, 3.05) is 19.8 Å². The number of carbonyl (C=O) groups excluding carboxylic acids is 1. The monoisotopic (exact) mass is 685 g/mol. The maximum absolute atomic E-state index is 12.2. The van der Waals surface area contributed by atoms with Crippen LogP contribution in [-0.4, -0.2) is 37.0 Å². The maximum atomic E-state index is 12.2. The van der Waals surface area contributed by atoms with Gasteiger partial charge in [0.15, 0.2) is 0 Å². The Morgan fingerprint density at radius 3 is 1.41 bits per heavy atom. The van der Waals surface area contributed by atoms with Crippen molar-refractivity contribution in [3.05, 3.63) is 60.8 Å². The molecule has 0 spiro atoms. The molecule has 0 saturated carbocycles. The van der Waals surface area contributed by atoms with Gasteiger partial charge < -0.3 is 14.6 Å². The molecule has 0 aliphatic rings. The van der Waals surface area contributed by atoms with Crippen LogP contribution in [0.25, 0.3) is 0 Å². The van der Waals surface area contributed by atoms with E-state index in [1.807, 2.05) is 0 Å². The fraction of sp³-hybridized carbons (Fsp3) is 0.756. The zero-order valence-corrected chi connectivity index (χ0v) is 32.4. The first kappa shape index (κ1) is 47.1. The summed E-state index contributed by atoms with van der Waals surface area (Å²) in [4.78, 5) is 12.2. The van der Waals surface area contributed by atoms with Crippen molar-refractivity contribution < 1.29 is 19.4 Å². The molecule has 0 aliphatic heterocycles.